The first-order valence-electron chi connectivity index (χ1n) is 7.96. The van der Waals surface area contributed by atoms with Gasteiger partial charge >= 0.3 is 0 Å². The zero-order chi connectivity index (χ0) is 19.1. The molecule has 0 atom stereocenters. The lowest BCUT2D eigenvalue weighted by atomic mass is 10.2. The highest BCUT2D eigenvalue weighted by Gasteiger charge is 2.07. The standard InChI is InChI=1S/C18H16ClN5O2S/c19-15-7-2-1-5-13(15)11-26-14-6-3-4-12(8-14)10-21-22-16(25)9-17-23-24-18(20)27-17/h1-8,10H,9,11H2,(H2,20,24)(H,22,25). The number of hydrogen-bond acceptors (Lipinski definition) is 7. The van der Waals surface area contributed by atoms with Crippen molar-refractivity contribution in [1.29, 1.82) is 0 Å². The molecule has 3 rings (SSSR count). The van der Waals surface area contributed by atoms with E-state index in [0.717, 1.165) is 11.1 Å². The summed E-state index contributed by atoms with van der Waals surface area (Å²) in [5, 5.41) is 12.9. The van der Waals surface area contributed by atoms with Gasteiger partial charge in [0, 0.05) is 10.6 Å². The molecule has 138 valence electrons. The summed E-state index contributed by atoms with van der Waals surface area (Å²) >= 11 is 7.29. The van der Waals surface area contributed by atoms with E-state index in [0.29, 0.717) is 27.5 Å². The van der Waals surface area contributed by atoms with Gasteiger partial charge in [0.2, 0.25) is 11.0 Å². The Bertz CT molecular complexity index is 960. The fourth-order valence-electron chi connectivity index (χ4n) is 2.15. The molecule has 0 spiro atoms. The monoisotopic (exact) mass is 401 g/mol. The topological polar surface area (TPSA) is 102 Å². The van der Waals surface area contributed by atoms with Crippen LogP contribution < -0.4 is 15.9 Å². The van der Waals surface area contributed by atoms with Gasteiger partial charge in [-0.15, -0.1) is 10.2 Å². The van der Waals surface area contributed by atoms with Crippen LogP contribution in [0.25, 0.3) is 0 Å². The Morgan fingerprint density at radius 2 is 2.11 bits per heavy atom. The third kappa shape index (κ3) is 5.77. The number of hydrogen-bond donors (Lipinski definition) is 2. The first-order valence-corrected chi connectivity index (χ1v) is 9.15. The molecule has 1 heterocycles. The smallest absolute Gasteiger partial charge is 0.247 e. The minimum atomic E-state index is -0.298. The molecule has 0 saturated heterocycles. The summed E-state index contributed by atoms with van der Waals surface area (Å²) in [4.78, 5) is 11.8. The number of ether oxygens (including phenoxy) is 1. The number of rotatable bonds is 7. The molecule has 0 fully saturated rings. The number of carbonyl (C=O) groups is 1. The summed E-state index contributed by atoms with van der Waals surface area (Å²) in [6.45, 7) is 0.363. The van der Waals surface area contributed by atoms with Crippen LogP contribution in [-0.2, 0) is 17.8 Å². The van der Waals surface area contributed by atoms with Gasteiger partial charge < -0.3 is 10.5 Å². The van der Waals surface area contributed by atoms with Crippen molar-refractivity contribution in [3.63, 3.8) is 0 Å². The lowest BCUT2D eigenvalue weighted by molar-refractivity contribution is -0.120. The fourth-order valence-corrected chi connectivity index (χ4v) is 2.95. The van der Waals surface area contributed by atoms with E-state index in [9.17, 15) is 4.79 Å². The van der Waals surface area contributed by atoms with Crippen molar-refractivity contribution in [1.82, 2.24) is 15.6 Å². The second-order valence-corrected chi connectivity index (χ2v) is 6.96. The fraction of sp³-hybridized carbons (Fsp3) is 0.111. The maximum atomic E-state index is 11.8. The van der Waals surface area contributed by atoms with Crippen molar-refractivity contribution < 1.29 is 9.53 Å². The largest absolute Gasteiger partial charge is 0.489 e. The predicted molar refractivity (Wildman–Crippen MR) is 106 cm³/mol. The van der Waals surface area contributed by atoms with Gasteiger partial charge in [-0.05, 0) is 23.8 Å². The minimum absolute atomic E-state index is 0.0766. The second kappa shape index (κ2) is 9.11. The van der Waals surface area contributed by atoms with Crippen molar-refractivity contribution in [3.8, 4) is 5.75 Å². The molecule has 3 N–H and O–H groups in total. The number of nitrogens with one attached hydrogen (secondary N) is 1. The van der Waals surface area contributed by atoms with Crippen LogP contribution in [0, 0.1) is 0 Å². The van der Waals surface area contributed by atoms with E-state index in [2.05, 4.69) is 20.7 Å². The number of amides is 1. The van der Waals surface area contributed by atoms with Gasteiger partial charge in [0.25, 0.3) is 0 Å². The van der Waals surface area contributed by atoms with Crippen LogP contribution in [-0.4, -0.2) is 22.3 Å². The van der Waals surface area contributed by atoms with Crippen LogP contribution in [0.15, 0.2) is 53.6 Å². The average Bonchev–Trinajstić information content (AvgIpc) is 3.06. The van der Waals surface area contributed by atoms with Gasteiger partial charge in [0.15, 0.2) is 0 Å². The maximum Gasteiger partial charge on any atom is 0.247 e. The second-order valence-electron chi connectivity index (χ2n) is 5.46. The van der Waals surface area contributed by atoms with E-state index in [-0.39, 0.29) is 12.3 Å². The van der Waals surface area contributed by atoms with Gasteiger partial charge in [0.05, 0.1) is 12.6 Å². The molecule has 1 amide bonds. The van der Waals surface area contributed by atoms with Crippen molar-refractivity contribution >= 4 is 40.2 Å². The van der Waals surface area contributed by atoms with E-state index < -0.39 is 0 Å². The Kier molecular flexibility index (Phi) is 6.35. The van der Waals surface area contributed by atoms with Gasteiger partial charge in [-0.2, -0.15) is 5.10 Å². The molecule has 9 heteroatoms. The normalized spacial score (nSPS) is 10.9. The summed E-state index contributed by atoms with van der Waals surface area (Å²) in [6.07, 6.45) is 1.61. The van der Waals surface area contributed by atoms with Gasteiger partial charge in [-0.3, -0.25) is 4.79 Å². The van der Waals surface area contributed by atoms with Crippen molar-refractivity contribution in [2.45, 2.75) is 13.0 Å². The quantitative estimate of drug-likeness (QED) is 0.468. The molecular formula is C18H16ClN5O2S. The number of hydrazone groups is 1. The number of nitrogens with two attached hydrogens (primary N) is 1. The van der Waals surface area contributed by atoms with E-state index >= 15 is 0 Å². The molecule has 27 heavy (non-hydrogen) atoms. The molecule has 3 aromatic rings. The highest BCUT2D eigenvalue weighted by atomic mass is 35.5. The zero-order valence-electron chi connectivity index (χ0n) is 14.1. The van der Waals surface area contributed by atoms with E-state index in [1.165, 1.54) is 17.6 Å². The predicted octanol–water partition coefficient (Wildman–Crippen LogP) is 3.05. The minimum Gasteiger partial charge on any atom is -0.489 e. The number of nitrogens with zero attached hydrogens (tertiary/aromatic N) is 3. The third-order valence-corrected chi connectivity index (χ3v) is 4.53. The van der Waals surface area contributed by atoms with Crippen molar-refractivity contribution in [2.24, 2.45) is 5.10 Å². The SMILES string of the molecule is Nc1nnc(CC(=O)NN=Cc2cccc(OCc3ccccc3Cl)c2)s1. The number of anilines is 1. The van der Waals surface area contributed by atoms with Gasteiger partial charge in [-0.25, -0.2) is 5.43 Å². The molecule has 0 saturated carbocycles. The van der Waals surface area contributed by atoms with Crippen LogP contribution in [0.3, 0.4) is 0 Å². The highest BCUT2D eigenvalue weighted by molar-refractivity contribution is 7.15. The van der Waals surface area contributed by atoms with E-state index in [4.69, 9.17) is 22.1 Å². The number of benzene rings is 2. The Labute approximate surface area is 164 Å². The number of carbonyl (C=O) groups excluding carboxylic acids is 1. The molecule has 0 unspecified atom stereocenters. The molecule has 0 radical (unpaired) electrons. The first-order chi connectivity index (χ1) is 13.1. The highest BCUT2D eigenvalue weighted by Crippen LogP contribution is 2.19. The number of halogens is 1. The van der Waals surface area contributed by atoms with Crippen LogP contribution in [0.2, 0.25) is 5.02 Å². The molecule has 0 aliphatic carbocycles. The van der Waals surface area contributed by atoms with Crippen molar-refractivity contribution in [2.75, 3.05) is 5.73 Å². The average molecular weight is 402 g/mol. The summed E-state index contributed by atoms with van der Waals surface area (Å²) in [7, 11) is 0. The Balaban J connectivity index is 1.53. The molecule has 0 bridgehead atoms. The molecule has 0 aliphatic heterocycles. The zero-order valence-corrected chi connectivity index (χ0v) is 15.7. The van der Waals surface area contributed by atoms with Gasteiger partial charge in [-0.1, -0.05) is 53.3 Å². The van der Waals surface area contributed by atoms with Crippen LogP contribution in [0.5, 0.6) is 5.75 Å². The van der Waals surface area contributed by atoms with Crippen LogP contribution in [0.1, 0.15) is 16.1 Å². The van der Waals surface area contributed by atoms with Crippen LogP contribution in [0.4, 0.5) is 5.13 Å². The van der Waals surface area contributed by atoms with E-state index in [1.807, 2.05) is 48.5 Å². The lowest BCUT2D eigenvalue weighted by Crippen LogP contribution is -2.19. The summed E-state index contributed by atoms with van der Waals surface area (Å²) in [6, 6.07) is 14.9. The number of nitrogen functional groups attached to an aromatic ring is 1. The summed E-state index contributed by atoms with van der Waals surface area (Å²) < 4.78 is 5.76. The molecular weight excluding hydrogens is 386 g/mol. The number of aromatic nitrogens is 2. The molecule has 1 aromatic heterocycles. The molecule has 0 aliphatic rings. The molecule has 7 nitrogen and oxygen atoms in total. The van der Waals surface area contributed by atoms with Crippen molar-refractivity contribution in [3.05, 3.63) is 69.7 Å². The van der Waals surface area contributed by atoms with Crippen LogP contribution >= 0.6 is 22.9 Å². The Morgan fingerprint density at radius 3 is 2.89 bits per heavy atom. The van der Waals surface area contributed by atoms with Gasteiger partial charge in [0.1, 0.15) is 17.4 Å². The Morgan fingerprint density at radius 1 is 1.26 bits per heavy atom. The molecule has 2 aromatic carbocycles. The maximum absolute atomic E-state index is 11.8. The summed E-state index contributed by atoms with van der Waals surface area (Å²) in [5.74, 6) is 0.378. The first kappa shape index (κ1) is 18.8. The third-order valence-electron chi connectivity index (χ3n) is 3.41. The lowest BCUT2D eigenvalue weighted by Gasteiger charge is -2.08. The Hall–Kier alpha value is -2.97. The summed E-state index contributed by atoms with van der Waals surface area (Å²) in [5.41, 5.74) is 9.61. The van der Waals surface area contributed by atoms with E-state index in [1.54, 1.807) is 0 Å².